The number of carbonyl (C=O) groups excluding carboxylic acids is 2. The average molecular weight is 652 g/mol. The van der Waals surface area contributed by atoms with E-state index >= 15 is 0 Å². The van der Waals surface area contributed by atoms with E-state index in [2.05, 4.69) is 11.8 Å². The Bertz CT molecular complexity index is 656. The first-order valence-corrected chi connectivity index (χ1v) is 20.3. The third-order valence-electron chi connectivity index (χ3n) is 9.74. The van der Waals surface area contributed by atoms with Crippen molar-refractivity contribution in [3.63, 3.8) is 0 Å². The number of aliphatic hydroxyl groups is 1. The molecule has 0 atom stereocenters. The Labute approximate surface area is 285 Å². The van der Waals surface area contributed by atoms with Gasteiger partial charge in [-0.15, -0.1) is 0 Å². The van der Waals surface area contributed by atoms with Crippen LogP contribution >= 0.6 is 0 Å². The van der Waals surface area contributed by atoms with E-state index in [1.165, 1.54) is 109 Å². The third kappa shape index (κ3) is 29.0. The maximum Gasteiger partial charge on any atom is 0.306 e. The number of ether oxygens (including phenoxy) is 2. The monoisotopic (exact) mass is 652 g/mol. The molecule has 0 aliphatic heterocycles. The topological polar surface area (TPSA) is 76.1 Å². The summed E-state index contributed by atoms with van der Waals surface area (Å²) in [6.07, 6.45) is 36.2. The Balaban J connectivity index is 2.06. The summed E-state index contributed by atoms with van der Waals surface area (Å²) in [5.41, 5.74) is 0. The summed E-state index contributed by atoms with van der Waals surface area (Å²) < 4.78 is 11.4. The third-order valence-corrected chi connectivity index (χ3v) is 9.74. The van der Waals surface area contributed by atoms with Gasteiger partial charge in [0, 0.05) is 19.4 Å². The zero-order chi connectivity index (χ0) is 33.2. The largest absolute Gasteiger partial charge is 0.466 e. The van der Waals surface area contributed by atoms with Gasteiger partial charge in [0.15, 0.2) is 0 Å². The predicted molar refractivity (Wildman–Crippen MR) is 193 cm³/mol. The molecule has 0 unspecified atom stereocenters. The van der Waals surface area contributed by atoms with Gasteiger partial charge in [0.05, 0.1) is 13.2 Å². The minimum absolute atomic E-state index is 0.0125. The zero-order valence-corrected chi connectivity index (χ0v) is 30.6. The molecule has 1 N–H and O–H groups in total. The van der Waals surface area contributed by atoms with Crippen LogP contribution in [0, 0.1) is 0 Å². The Kier molecular flexibility index (Phi) is 31.5. The van der Waals surface area contributed by atoms with Crippen LogP contribution < -0.4 is 0 Å². The number of aliphatic hydroxyl groups excluding tert-OH is 1. The van der Waals surface area contributed by atoms with E-state index in [4.69, 9.17) is 9.47 Å². The number of unbranched alkanes of at least 4 members (excludes halogenated alkanes) is 12. The zero-order valence-electron chi connectivity index (χ0n) is 30.6. The van der Waals surface area contributed by atoms with Gasteiger partial charge in [0.1, 0.15) is 6.10 Å². The number of carbonyl (C=O) groups is 2. The molecule has 0 spiro atoms. The van der Waals surface area contributed by atoms with Crippen LogP contribution in [-0.4, -0.2) is 60.9 Å². The van der Waals surface area contributed by atoms with Crippen molar-refractivity contribution >= 4 is 11.9 Å². The van der Waals surface area contributed by atoms with Gasteiger partial charge >= 0.3 is 11.9 Å². The van der Waals surface area contributed by atoms with Gasteiger partial charge in [-0.2, -0.15) is 0 Å². The molecule has 1 saturated carbocycles. The molecule has 0 saturated heterocycles. The van der Waals surface area contributed by atoms with Crippen LogP contribution in [0.5, 0.6) is 0 Å². The second-order valence-electron chi connectivity index (χ2n) is 14.2. The number of esters is 2. The standard InChI is InChI=1S/C40H77NO5/c1-2-3-4-5-14-20-28-37-45-39(43)31-25-21-27-34-41(35-36-42)33-26-19-15-18-24-32-40(44)46-38-29-22-16-12-10-8-6-7-9-11-13-17-23-30-38/h38,42H,2-37H2,1H3. The maximum atomic E-state index is 12.6. The van der Waals surface area contributed by atoms with E-state index in [0.717, 1.165) is 90.1 Å². The minimum Gasteiger partial charge on any atom is -0.466 e. The second-order valence-corrected chi connectivity index (χ2v) is 14.2. The predicted octanol–water partition coefficient (Wildman–Crippen LogP) is 10.9. The Morgan fingerprint density at radius 2 is 0.978 bits per heavy atom. The molecular formula is C40H77NO5. The first-order valence-electron chi connectivity index (χ1n) is 20.3. The Morgan fingerprint density at radius 3 is 1.52 bits per heavy atom. The summed E-state index contributed by atoms with van der Waals surface area (Å²) in [4.78, 5) is 26.9. The molecule has 0 heterocycles. The van der Waals surface area contributed by atoms with Crippen molar-refractivity contribution in [1.82, 2.24) is 4.90 Å². The number of hydrogen-bond acceptors (Lipinski definition) is 6. The van der Waals surface area contributed by atoms with Crippen LogP contribution in [0.3, 0.4) is 0 Å². The van der Waals surface area contributed by atoms with Crippen LogP contribution in [-0.2, 0) is 19.1 Å². The smallest absolute Gasteiger partial charge is 0.306 e. The molecule has 0 aromatic rings. The van der Waals surface area contributed by atoms with Crippen molar-refractivity contribution < 1.29 is 24.2 Å². The van der Waals surface area contributed by atoms with Crippen LogP contribution in [0.2, 0.25) is 0 Å². The highest BCUT2D eigenvalue weighted by Gasteiger charge is 2.14. The van der Waals surface area contributed by atoms with E-state index in [0.29, 0.717) is 26.0 Å². The van der Waals surface area contributed by atoms with Gasteiger partial charge in [-0.05, 0) is 70.9 Å². The van der Waals surface area contributed by atoms with Gasteiger partial charge in [0.25, 0.3) is 0 Å². The van der Waals surface area contributed by atoms with Gasteiger partial charge in [-0.25, -0.2) is 0 Å². The van der Waals surface area contributed by atoms with Crippen LogP contribution in [0.4, 0.5) is 0 Å². The summed E-state index contributed by atoms with van der Waals surface area (Å²) in [5.74, 6) is -0.0396. The van der Waals surface area contributed by atoms with E-state index in [-0.39, 0.29) is 24.6 Å². The van der Waals surface area contributed by atoms with Gasteiger partial charge in [-0.3, -0.25) is 9.59 Å². The van der Waals surface area contributed by atoms with E-state index < -0.39 is 0 Å². The van der Waals surface area contributed by atoms with Crippen molar-refractivity contribution in [3.05, 3.63) is 0 Å². The molecule has 1 aliphatic carbocycles. The fourth-order valence-corrected chi connectivity index (χ4v) is 6.73. The number of rotatable bonds is 25. The molecule has 6 nitrogen and oxygen atoms in total. The molecule has 0 radical (unpaired) electrons. The highest BCUT2D eigenvalue weighted by molar-refractivity contribution is 5.69. The van der Waals surface area contributed by atoms with Gasteiger partial charge < -0.3 is 19.5 Å². The fourth-order valence-electron chi connectivity index (χ4n) is 6.73. The quantitative estimate of drug-likeness (QED) is 0.0782. The van der Waals surface area contributed by atoms with Crippen molar-refractivity contribution in [2.24, 2.45) is 0 Å². The lowest BCUT2D eigenvalue weighted by Crippen LogP contribution is -2.29. The Hall–Kier alpha value is -1.14. The first kappa shape index (κ1) is 42.9. The first-order chi connectivity index (χ1) is 22.7. The van der Waals surface area contributed by atoms with Crippen molar-refractivity contribution in [2.75, 3.05) is 32.8 Å². The van der Waals surface area contributed by atoms with Crippen LogP contribution in [0.25, 0.3) is 0 Å². The van der Waals surface area contributed by atoms with E-state index in [1.54, 1.807) is 0 Å². The molecule has 0 amide bonds. The summed E-state index contributed by atoms with van der Waals surface area (Å²) >= 11 is 0. The van der Waals surface area contributed by atoms with Crippen LogP contribution in [0.15, 0.2) is 0 Å². The summed E-state index contributed by atoms with van der Waals surface area (Å²) in [6.45, 7) is 5.69. The van der Waals surface area contributed by atoms with Crippen molar-refractivity contribution in [3.8, 4) is 0 Å². The molecule has 0 aromatic carbocycles. The fraction of sp³-hybridized carbons (Fsp3) is 0.950. The highest BCUT2D eigenvalue weighted by Crippen LogP contribution is 2.20. The van der Waals surface area contributed by atoms with Crippen molar-refractivity contribution in [1.29, 1.82) is 0 Å². The molecular weight excluding hydrogens is 574 g/mol. The highest BCUT2D eigenvalue weighted by atomic mass is 16.5. The molecule has 0 bridgehead atoms. The van der Waals surface area contributed by atoms with E-state index in [9.17, 15) is 14.7 Å². The lowest BCUT2D eigenvalue weighted by atomic mass is 10.0. The van der Waals surface area contributed by atoms with Crippen LogP contribution in [0.1, 0.15) is 206 Å². The SMILES string of the molecule is CCCCCCCCCOC(=O)CCCCCN(CCO)CCCCCCCC(=O)OC1CCCCCCCCCCCCCC1. The lowest BCUT2D eigenvalue weighted by Gasteiger charge is -2.21. The number of hydrogen-bond donors (Lipinski definition) is 1. The lowest BCUT2D eigenvalue weighted by molar-refractivity contribution is -0.150. The molecule has 1 fully saturated rings. The van der Waals surface area contributed by atoms with E-state index in [1.807, 2.05) is 0 Å². The average Bonchev–Trinajstić information content (AvgIpc) is 3.06. The minimum atomic E-state index is -0.0521. The molecule has 1 rings (SSSR count). The number of nitrogens with zero attached hydrogens (tertiary/aromatic N) is 1. The molecule has 6 heteroatoms. The second kappa shape index (κ2) is 33.7. The summed E-state index contributed by atoms with van der Waals surface area (Å²) in [6, 6.07) is 0. The van der Waals surface area contributed by atoms with Crippen molar-refractivity contribution in [2.45, 2.75) is 212 Å². The molecule has 1 aliphatic rings. The maximum absolute atomic E-state index is 12.6. The molecule has 272 valence electrons. The molecule has 0 aromatic heterocycles. The summed E-state index contributed by atoms with van der Waals surface area (Å²) in [5, 5.41) is 9.49. The summed E-state index contributed by atoms with van der Waals surface area (Å²) in [7, 11) is 0. The normalized spacial score (nSPS) is 16.2. The molecule has 46 heavy (non-hydrogen) atoms. The van der Waals surface area contributed by atoms with Gasteiger partial charge in [-0.1, -0.05) is 135 Å². The van der Waals surface area contributed by atoms with Gasteiger partial charge in [0.2, 0.25) is 0 Å². The Morgan fingerprint density at radius 1 is 0.543 bits per heavy atom.